The number of amides is 3. The van der Waals surface area contributed by atoms with Gasteiger partial charge in [0, 0.05) is 18.1 Å². The summed E-state index contributed by atoms with van der Waals surface area (Å²) in [5, 5.41) is 6.11. The van der Waals surface area contributed by atoms with Crippen LogP contribution in [0.4, 0.5) is 4.39 Å². The molecule has 1 aromatic rings. The SMILES string of the molecule is CCC(C)(C)N1C(=O)[C@H]2[C@@H](C(=O)NCc3ccc(F)cc3)[C@@]3(C)C=C[C@]2(O3)[C@@H]1C(=O)NC1CCCC1. The van der Waals surface area contributed by atoms with Gasteiger partial charge in [-0.15, -0.1) is 0 Å². The van der Waals surface area contributed by atoms with Crippen LogP contribution in [-0.4, -0.2) is 51.4 Å². The van der Waals surface area contributed by atoms with Gasteiger partial charge < -0.3 is 20.3 Å². The minimum Gasteiger partial charge on any atom is -0.356 e. The number of carbonyl (C=O) groups excluding carboxylic acids is 3. The van der Waals surface area contributed by atoms with Crippen molar-refractivity contribution in [1.29, 1.82) is 0 Å². The van der Waals surface area contributed by atoms with Gasteiger partial charge in [-0.05, 0) is 57.7 Å². The Morgan fingerprint density at radius 2 is 1.81 bits per heavy atom. The zero-order chi connectivity index (χ0) is 25.9. The topological polar surface area (TPSA) is 87.7 Å². The fraction of sp³-hybridized carbons (Fsp3) is 0.607. The number of likely N-dealkylation sites (tertiary alicyclic amines) is 1. The number of benzene rings is 1. The van der Waals surface area contributed by atoms with Crippen LogP contribution in [0.25, 0.3) is 0 Å². The first-order chi connectivity index (χ1) is 17.0. The molecule has 0 unspecified atom stereocenters. The molecule has 2 saturated heterocycles. The molecule has 2 N–H and O–H groups in total. The average Bonchev–Trinajstić information content (AvgIpc) is 3.58. The van der Waals surface area contributed by atoms with Gasteiger partial charge in [-0.2, -0.15) is 0 Å². The number of fused-ring (bicyclic) bond motifs is 1. The van der Waals surface area contributed by atoms with Crippen molar-refractivity contribution in [2.24, 2.45) is 11.8 Å². The molecule has 1 saturated carbocycles. The Balaban J connectivity index is 1.47. The van der Waals surface area contributed by atoms with Gasteiger partial charge in [0.2, 0.25) is 17.7 Å². The first-order valence-corrected chi connectivity index (χ1v) is 13.1. The van der Waals surface area contributed by atoms with Crippen LogP contribution in [0.15, 0.2) is 36.4 Å². The number of nitrogens with zero attached hydrogens (tertiary/aromatic N) is 1. The zero-order valence-electron chi connectivity index (χ0n) is 21.5. The summed E-state index contributed by atoms with van der Waals surface area (Å²) < 4.78 is 19.8. The second kappa shape index (κ2) is 8.68. The summed E-state index contributed by atoms with van der Waals surface area (Å²) in [5.41, 5.74) is -2.04. The van der Waals surface area contributed by atoms with E-state index in [1.165, 1.54) is 12.1 Å². The Bertz CT molecular complexity index is 1100. The minimum atomic E-state index is -1.20. The molecule has 1 aromatic carbocycles. The highest BCUT2D eigenvalue weighted by atomic mass is 19.1. The van der Waals surface area contributed by atoms with E-state index in [2.05, 4.69) is 10.6 Å². The molecule has 5 rings (SSSR count). The molecule has 3 aliphatic heterocycles. The van der Waals surface area contributed by atoms with Crippen LogP contribution in [0.2, 0.25) is 0 Å². The summed E-state index contributed by atoms with van der Waals surface area (Å²) in [7, 11) is 0. The van der Waals surface area contributed by atoms with Gasteiger partial charge in [0.25, 0.3) is 0 Å². The van der Waals surface area contributed by atoms with E-state index >= 15 is 0 Å². The molecular weight excluding hydrogens is 461 g/mol. The van der Waals surface area contributed by atoms with Gasteiger partial charge in [0.1, 0.15) is 17.5 Å². The summed E-state index contributed by atoms with van der Waals surface area (Å²) in [5.74, 6) is -2.66. The van der Waals surface area contributed by atoms with E-state index in [9.17, 15) is 18.8 Å². The maximum Gasteiger partial charge on any atom is 0.246 e. The van der Waals surface area contributed by atoms with Crippen LogP contribution in [0.3, 0.4) is 0 Å². The van der Waals surface area contributed by atoms with E-state index in [4.69, 9.17) is 4.74 Å². The third-order valence-electron chi connectivity index (χ3n) is 8.83. The molecule has 0 radical (unpaired) electrons. The Morgan fingerprint density at radius 1 is 1.14 bits per heavy atom. The number of hydrogen-bond donors (Lipinski definition) is 2. The first-order valence-electron chi connectivity index (χ1n) is 13.1. The van der Waals surface area contributed by atoms with Crippen molar-refractivity contribution in [3.05, 3.63) is 47.8 Å². The molecule has 2 bridgehead atoms. The van der Waals surface area contributed by atoms with Crippen molar-refractivity contribution in [2.75, 3.05) is 0 Å². The molecule has 3 heterocycles. The molecule has 7 nitrogen and oxygen atoms in total. The van der Waals surface area contributed by atoms with Crippen molar-refractivity contribution in [2.45, 2.75) is 95.2 Å². The third kappa shape index (κ3) is 3.76. The van der Waals surface area contributed by atoms with Gasteiger partial charge in [-0.25, -0.2) is 4.39 Å². The van der Waals surface area contributed by atoms with Crippen LogP contribution in [0.5, 0.6) is 0 Å². The molecule has 0 aromatic heterocycles. The van der Waals surface area contributed by atoms with Crippen LogP contribution >= 0.6 is 0 Å². The second-order valence-electron chi connectivity index (χ2n) is 11.5. The molecule has 5 atom stereocenters. The highest BCUT2D eigenvalue weighted by Crippen LogP contribution is 2.60. The van der Waals surface area contributed by atoms with E-state index in [1.807, 2.05) is 39.8 Å². The van der Waals surface area contributed by atoms with Crippen molar-refractivity contribution >= 4 is 17.7 Å². The van der Waals surface area contributed by atoms with Crippen LogP contribution in [-0.2, 0) is 25.7 Å². The van der Waals surface area contributed by atoms with E-state index in [1.54, 1.807) is 17.0 Å². The Kier molecular flexibility index (Phi) is 6.01. The minimum absolute atomic E-state index is 0.0996. The van der Waals surface area contributed by atoms with E-state index in [0.717, 1.165) is 31.2 Å². The van der Waals surface area contributed by atoms with Crippen molar-refractivity contribution in [1.82, 2.24) is 15.5 Å². The summed E-state index contributed by atoms with van der Waals surface area (Å²) in [6.45, 7) is 7.93. The summed E-state index contributed by atoms with van der Waals surface area (Å²) >= 11 is 0. The fourth-order valence-electron chi connectivity index (χ4n) is 6.61. The summed E-state index contributed by atoms with van der Waals surface area (Å²) in [6.07, 6.45) is 8.37. The summed E-state index contributed by atoms with van der Waals surface area (Å²) in [6, 6.07) is 5.18. The Morgan fingerprint density at radius 3 is 2.44 bits per heavy atom. The lowest BCUT2D eigenvalue weighted by Gasteiger charge is -2.42. The van der Waals surface area contributed by atoms with Gasteiger partial charge in [0.05, 0.1) is 17.4 Å². The van der Waals surface area contributed by atoms with Crippen molar-refractivity contribution in [3.63, 3.8) is 0 Å². The standard InChI is InChI=1S/C28H36FN3O4/c1-5-26(2,3)32-22(24(34)31-19-8-6-7-9-19)28-15-14-27(4,36-28)20(21(28)25(32)35)23(33)30-16-17-10-12-18(29)13-11-17/h10-15,19-22H,5-9,16H2,1-4H3,(H,30,33)(H,31,34)/t20-,21+,22-,27+,28+/m0/s1. The van der Waals surface area contributed by atoms with Crippen molar-refractivity contribution in [3.8, 4) is 0 Å². The number of ether oxygens (including phenoxy) is 1. The maximum absolute atomic E-state index is 14.1. The lowest BCUT2D eigenvalue weighted by molar-refractivity contribution is -0.151. The number of carbonyl (C=O) groups is 3. The molecule has 1 aliphatic carbocycles. The average molecular weight is 498 g/mol. The van der Waals surface area contributed by atoms with Crippen molar-refractivity contribution < 1.29 is 23.5 Å². The molecule has 1 spiro atoms. The molecule has 8 heteroatoms. The number of nitrogens with one attached hydrogen (secondary N) is 2. The monoisotopic (exact) mass is 497 g/mol. The lowest BCUT2D eigenvalue weighted by atomic mass is 9.70. The third-order valence-corrected chi connectivity index (χ3v) is 8.83. The normalized spacial score (nSPS) is 33.3. The largest absolute Gasteiger partial charge is 0.356 e. The van der Waals surface area contributed by atoms with Gasteiger partial charge >= 0.3 is 0 Å². The van der Waals surface area contributed by atoms with Crippen LogP contribution < -0.4 is 10.6 Å². The fourth-order valence-corrected chi connectivity index (χ4v) is 6.61. The zero-order valence-corrected chi connectivity index (χ0v) is 21.5. The highest BCUT2D eigenvalue weighted by molar-refractivity contribution is 6.00. The Hall–Kier alpha value is -2.74. The second-order valence-corrected chi connectivity index (χ2v) is 11.5. The van der Waals surface area contributed by atoms with E-state index < -0.39 is 34.6 Å². The number of halogens is 1. The number of rotatable bonds is 7. The molecule has 3 amide bonds. The molecular formula is C28H36FN3O4. The molecule has 4 aliphatic rings. The smallest absolute Gasteiger partial charge is 0.246 e. The van der Waals surface area contributed by atoms with E-state index in [-0.39, 0.29) is 36.1 Å². The summed E-state index contributed by atoms with van der Waals surface area (Å²) in [4.78, 5) is 43.2. The molecule has 3 fully saturated rings. The molecule has 194 valence electrons. The molecule has 36 heavy (non-hydrogen) atoms. The quantitative estimate of drug-likeness (QED) is 0.567. The van der Waals surface area contributed by atoms with Gasteiger partial charge in [0.15, 0.2) is 0 Å². The van der Waals surface area contributed by atoms with Crippen LogP contribution in [0, 0.1) is 17.7 Å². The first kappa shape index (κ1) is 24.9. The van der Waals surface area contributed by atoms with Crippen LogP contribution in [0.1, 0.15) is 65.4 Å². The predicted octanol–water partition coefficient (Wildman–Crippen LogP) is 3.23. The Labute approximate surface area is 211 Å². The number of hydrogen-bond acceptors (Lipinski definition) is 4. The maximum atomic E-state index is 14.1. The van der Waals surface area contributed by atoms with Gasteiger partial charge in [-0.3, -0.25) is 14.4 Å². The predicted molar refractivity (Wildman–Crippen MR) is 132 cm³/mol. The van der Waals surface area contributed by atoms with Gasteiger partial charge in [-0.1, -0.05) is 44.1 Å². The van der Waals surface area contributed by atoms with E-state index in [0.29, 0.717) is 6.42 Å². The lowest BCUT2D eigenvalue weighted by Crippen LogP contribution is -2.60. The highest BCUT2D eigenvalue weighted by Gasteiger charge is 2.77.